The van der Waals surface area contributed by atoms with Gasteiger partial charge < -0.3 is 9.47 Å². The zero-order valence-electron chi connectivity index (χ0n) is 35.4. The van der Waals surface area contributed by atoms with E-state index in [1.165, 1.54) is 64.2 Å². The Balaban J connectivity index is 4.51. The summed E-state index contributed by atoms with van der Waals surface area (Å²) in [6.07, 6.45) is 20.4. The highest BCUT2D eigenvalue weighted by molar-refractivity contribution is 4.79. The van der Waals surface area contributed by atoms with Crippen molar-refractivity contribution in [1.29, 1.82) is 0 Å². The Labute approximate surface area is 309 Å². The molecule has 6 atom stereocenters. The van der Waals surface area contributed by atoms with Gasteiger partial charge in [0.05, 0.1) is 24.2 Å². The monoisotopic (exact) mass is 707 g/mol. The van der Waals surface area contributed by atoms with Crippen molar-refractivity contribution in [3.8, 4) is 0 Å². The molecule has 0 spiro atoms. The average Bonchev–Trinajstić information content (AvgIpc) is 3.07. The van der Waals surface area contributed by atoms with Crippen LogP contribution in [0.3, 0.4) is 0 Å². The topological polar surface area (TPSA) is 117 Å². The van der Waals surface area contributed by atoms with E-state index in [0.717, 1.165) is 51.4 Å². The van der Waals surface area contributed by atoms with E-state index in [1.54, 1.807) is 0 Å². The molecule has 0 amide bonds. The van der Waals surface area contributed by atoms with Gasteiger partial charge in [-0.3, -0.25) is 0 Å². The van der Waals surface area contributed by atoms with Crippen molar-refractivity contribution in [2.24, 2.45) is 40.9 Å². The average molecular weight is 707 g/mol. The highest BCUT2D eigenvalue weighted by atomic mass is 16.6. The van der Waals surface area contributed by atoms with E-state index < -0.39 is 22.9 Å². The highest BCUT2D eigenvalue weighted by Gasteiger charge is 2.34. The third-order valence-electron chi connectivity index (χ3n) is 9.26. The number of ether oxygens (including phenoxy) is 2. The Kier molecular flexibility index (Phi) is 25.3. The maximum absolute atomic E-state index is 6.46. The van der Waals surface area contributed by atoms with Gasteiger partial charge in [0, 0.05) is 0 Å². The van der Waals surface area contributed by atoms with Crippen LogP contribution in [0.4, 0.5) is 0 Å². The Bertz CT molecular complexity index is 893. The molecule has 0 radical (unpaired) electrons. The van der Waals surface area contributed by atoms with Crippen LogP contribution in [0.5, 0.6) is 0 Å². The predicted molar refractivity (Wildman–Crippen MR) is 210 cm³/mol. The molecule has 0 aliphatic carbocycles. The molecule has 0 heterocycles. The third kappa shape index (κ3) is 25.3. The fourth-order valence-electron chi connectivity index (χ4n) is 5.28. The van der Waals surface area contributed by atoms with Crippen molar-refractivity contribution < 1.29 is 9.47 Å². The summed E-state index contributed by atoms with van der Waals surface area (Å²) in [5, 5.41) is 36.4. The molecule has 0 N–H and O–H groups in total. The van der Waals surface area contributed by atoms with Crippen LogP contribution in [0.1, 0.15) is 213 Å². The first-order valence-electron chi connectivity index (χ1n) is 20.5. The van der Waals surface area contributed by atoms with Crippen molar-refractivity contribution in [3.05, 3.63) is 0 Å². The molecule has 0 aliphatic heterocycles. The summed E-state index contributed by atoms with van der Waals surface area (Å²) in [7, 11) is 0. The van der Waals surface area contributed by atoms with Crippen molar-refractivity contribution in [2.75, 3.05) is 0 Å². The van der Waals surface area contributed by atoms with Crippen LogP contribution in [-0.4, -0.2) is 47.1 Å². The van der Waals surface area contributed by atoms with E-state index in [0.29, 0.717) is 0 Å². The largest absolute Gasteiger partial charge is 0.324 e. The molecule has 0 bridgehead atoms. The number of azo groups is 4. The number of nitrogens with zero attached hydrogens (tertiary/aromatic N) is 8. The summed E-state index contributed by atoms with van der Waals surface area (Å²) < 4.78 is 12.9. The second-order valence-electron chi connectivity index (χ2n) is 16.1. The molecular formula is C40H82N8O2. The summed E-state index contributed by atoms with van der Waals surface area (Å²) in [5.74, 6) is 0. The van der Waals surface area contributed by atoms with Crippen LogP contribution in [0.25, 0.3) is 0 Å². The summed E-state index contributed by atoms with van der Waals surface area (Å²) in [6.45, 7) is 28.8. The minimum Gasteiger partial charge on any atom is -0.324 e. The van der Waals surface area contributed by atoms with Gasteiger partial charge in [0.25, 0.3) is 0 Å². The van der Waals surface area contributed by atoms with Crippen LogP contribution in [0.15, 0.2) is 40.9 Å². The van der Waals surface area contributed by atoms with Crippen molar-refractivity contribution in [1.82, 2.24) is 0 Å². The SMILES string of the molecule is CCC(C)N=NC(C)(C)OC(C)(CCCCCCCCCCCCCCC(C)(N=NC(C)CC)OC(C)(C)N=NC(C)CC)N=NC(C)CC. The molecule has 0 aliphatic rings. The Hall–Kier alpha value is -1.68. The van der Waals surface area contributed by atoms with Gasteiger partial charge in [-0.05, 0) is 121 Å². The minimum absolute atomic E-state index is 0.185. The zero-order chi connectivity index (χ0) is 38.1. The van der Waals surface area contributed by atoms with Gasteiger partial charge in [0.1, 0.15) is 0 Å². The van der Waals surface area contributed by atoms with Gasteiger partial charge in [0.2, 0.25) is 0 Å². The van der Waals surface area contributed by atoms with Crippen LogP contribution < -0.4 is 0 Å². The molecule has 0 aromatic rings. The van der Waals surface area contributed by atoms with E-state index in [9.17, 15) is 0 Å². The van der Waals surface area contributed by atoms with Crippen LogP contribution >= 0.6 is 0 Å². The molecule has 0 aromatic heterocycles. The van der Waals surface area contributed by atoms with Crippen LogP contribution in [-0.2, 0) is 9.47 Å². The standard InChI is InChI=1S/C40H82N8O2/c1-15-33(5)41-45-37(9,10)49-39(13,47-43-35(7)17-3)31-29-27-25-23-21-19-20-22-24-26-28-30-32-40(14,48-44-36(8)18-4)50-38(11,12)46-42-34(6)16-2/h33-36H,15-32H2,1-14H3. The fourth-order valence-corrected chi connectivity index (χ4v) is 5.28. The lowest BCUT2D eigenvalue weighted by Gasteiger charge is -2.32. The Morgan fingerprint density at radius 3 is 0.820 bits per heavy atom. The smallest absolute Gasteiger partial charge is 0.179 e. The lowest BCUT2D eigenvalue weighted by atomic mass is 10.0. The van der Waals surface area contributed by atoms with Gasteiger partial charge in [0.15, 0.2) is 22.9 Å². The minimum atomic E-state index is -0.738. The summed E-state index contributed by atoms with van der Waals surface area (Å²) >= 11 is 0. The molecule has 6 unspecified atom stereocenters. The van der Waals surface area contributed by atoms with Gasteiger partial charge >= 0.3 is 0 Å². The van der Waals surface area contributed by atoms with Crippen molar-refractivity contribution in [2.45, 2.75) is 260 Å². The van der Waals surface area contributed by atoms with Crippen LogP contribution in [0, 0.1) is 0 Å². The lowest BCUT2D eigenvalue weighted by Crippen LogP contribution is -2.36. The van der Waals surface area contributed by atoms with Crippen molar-refractivity contribution in [3.63, 3.8) is 0 Å². The van der Waals surface area contributed by atoms with Gasteiger partial charge in [-0.15, -0.1) is 0 Å². The quantitative estimate of drug-likeness (QED) is 0.0527. The predicted octanol–water partition coefficient (Wildman–Crippen LogP) is 14.4. The number of hydrogen-bond donors (Lipinski definition) is 0. The summed E-state index contributed by atoms with van der Waals surface area (Å²) in [6, 6.07) is 0.745. The number of rotatable bonds is 31. The Morgan fingerprint density at radius 2 is 0.580 bits per heavy atom. The first-order valence-corrected chi connectivity index (χ1v) is 20.5. The first kappa shape index (κ1) is 48.3. The molecular weight excluding hydrogens is 624 g/mol. The van der Waals surface area contributed by atoms with Crippen LogP contribution in [0.2, 0.25) is 0 Å². The molecule has 0 rings (SSSR count). The van der Waals surface area contributed by atoms with E-state index in [4.69, 9.17) is 19.7 Å². The van der Waals surface area contributed by atoms with E-state index in [2.05, 4.69) is 99.9 Å². The fraction of sp³-hybridized carbons (Fsp3) is 1.00. The molecule has 50 heavy (non-hydrogen) atoms. The molecule has 10 nitrogen and oxygen atoms in total. The summed E-state index contributed by atoms with van der Waals surface area (Å²) in [4.78, 5) is 0. The second kappa shape index (κ2) is 26.1. The molecule has 0 saturated heterocycles. The normalized spacial score (nSPS) is 18.3. The summed E-state index contributed by atoms with van der Waals surface area (Å²) in [5.41, 5.74) is -2.86. The Morgan fingerprint density at radius 1 is 0.360 bits per heavy atom. The van der Waals surface area contributed by atoms with Gasteiger partial charge in [-0.25, -0.2) is 0 Å². The van der Waals surface area contributed by atoms with Gasteiger partial charge in [-0.2, -0.15) is 40.9 Å². The first-order chi connectivity index (χ1) is 23.4. The maximum atomic E-state index is 6.46. The zero-order valence-corrected chi connectivity index (χ0v) is 35.4. The van der Waals surface area contributed by atoms with Gasteiger partial charge in [-0.1, -0.05) is 91.9 Å². The molecule has 10 heteroatoms. The molecule has 294 valence electrons. The molecule has 0 aromatic carbocycles. The second-order valence-corrected chi connectivity index (χ2v) is 16.1. The number of hydrogen-bond acceptors (Lipinski definition) is 10. The van der Waals surface area contributed by atoms with E-state index in [-0.39, 0.29) is 24.2 Å². The van der Waals surface area contributed by atoms with E-state index >= 15 is 0 Å². The van der Waals surface area contributed by atoms with Crippen molar-refractivity contribution >= 4 is 0 Å². The third-order valence-corrected chi connectivity index (χ3v) is 9.26. The maximum Gasteiger partial charge on any atom is 0.179 e. The highest BCUT2D eigenvalue weighted by Crippen LogP contribution is 2.31. The number of unbranched alkanes of at least 4 members (excludes halogenated alkanes) is 11. The lowest BCUT2D eigenvalue weighted by molar-refractivity contribution is -0.135. The molecule has 0 saturated carbocycles. The molecule has 0 fully saturated rings. The van der Waals surface area contributed by atoms with E-state index in [1.807, 2.05) is 27.7 Å².